The SMILES string of the molecule is CC(=O)OC[C@@H](/C=C/C(C)C)COS(=O)(=O)c1ccc(C)cc1. The van der Waals surface area contributed by atoms with Crippen molar-refractivity contribution < 1.29 is 22.1 Å². The normalized spacial score (nSPS) is 13.4. The Kier molecular flexibility index (Phi) is 7.45. The molecule has 0 amide bonds. The average Bonchev–Trinajstić information content (AvgIpc) is 2.46. The summed E-state index contributed by atoms with van der Waals surface area (Å²) in [5.74, 6) is -0.417. The van der Waals surface area contributed by atoms with Crippen LogP contribution in [0.1, 0.15) is 26.3 Å². The van der Waals surface area contributed by atoms with Crippen LogP contribution in [0, 0.1) is 18.8 Å². The van der Waals surface area contributed by atoms with E-state index in [0.717, 1.165) is 5.56 Å². The molecule has 5 nitrogen and oxygen atoms in total. The van der Waals surface area contributed by atoms with Gasteiger partial charge in [0.15, 0.2) is 0 Å². The summed E-state index contributed by atoms with van der Waals surface area (Å²) in [5.41, 5.74) is 0.969. The molecule has 0 fully saturated rings. The van der Waals surface area contributed by atoms with Gasteiger partial charge in [-0.3, -0.25) is 8.98 Å². The molecule has 23 heavy (non-hydrogen) atoms. The van der Waals surface area contributed by atoms with E-state index in [0.29, 0.717) is 5.92 Å². The van der Waals surface area contributed by atoms with E-state index in [1.54, 1.807) is 12.1 Å². The Morgan fingerprint density at radius 1 is 1.13 bits per heavy atom. The quantitative estimate of drug-likeness (QED) is 0.413. The van der Waals surface area contributed by atoms with Gasteiger partial charge in [-0.15, -0.1) is 0 Å². The van der Waals surface area contributed by atoms with Crippen LogP contribution in [0.25, 0.3) is 0 Å². The Morgan fingerprint density at radius 3 is 2.26 bits per heavy atom. The van der Waals surface area contributed by atoms with E-state index >= 15 is 0 Å². The number of ether oxygens (including phenoxy) is 1. The molecule has 0 aliphatic heterocycles. The van der Waals surface area contributed by atoms with Crippen molar-refractivity contribution in [2.24, 2.45) is 11.8 Å². The van der Waals surface area contributed by atoms with Crippen molar-refractivity contribution in [1.29, 1.82) is 0 Å². The zero-order chi connectivity index (χ0) is 17.5. The lowest BCUT2D eigenvalue weighted by Crippen LogP contribution is -2.19. The number of benzene rings is 1. The summed E-state index contributed by atoms with van der Waals surface area (Å²) in [6.07, 6.45) is 3.74. The van der Waals surface area contributed by atoms with Crippen molar-refractivity contribution in [2.45, 2.75) is 32.6 Å². The predicted octanol–water partition coefficient (Wildman–Crippen LogP) is 3.09. The summed E-state index contributed by atoms with van der Waals surface area (Å²) in [7, 11) is -3.82. The highest BCUT2D eigenvalue weighted by molar-refractivity contribution is 7.86. The third kappa shape index (κ3) is 7.43. The fourth-order valence-electron chi connectivity index (χ4n) is 1.71. The maximum Gasteiger partial charge on any atom is 0.302 e. The van der Waals surface area contributed by atoms with Crippen LogP contribution in [0.3, 0.4) is 0 Å². The molecule has 0 saturated carbocycles. The van der Waals surface area contributed by atoms with Gasteiger partial charge >= 0.3 is 5.97 Å². The van der Waals surface area contributed by atoms with Gasteiger partial charge in [0.1, 0.15) is 0 Å². The molecule has 0 aliphatic rings. The maximum absolute atomic E-state index is 12.2. The van der Waals surface area contributed by atoms with Gasteiger partial charge in [0.25, 0.3) is 10.1 Å². The first-order chi connectivity index (χ1) is 10.7. The van der Waals surface area contributed by atoms with Crippen LogP contribution >= 0.6 is 0 Å². The van der Waals surface area contributed by atoms with Gasteiger partial charge < -0.3 is 4.74 Å². The molecule has 0 bridgehead atoms. The molecule has 0 heterocycles. The number of carbonyl (C=O) groups excluding carboxylic acids is 1. The molecular formula is C17H24O5S. The first-order valence-electron chi connectivity index (χ1n) is 7.48. The predicted molar refractivity (Wildman–Crippen MR) is 88.4 cm³/mol. The molecule has 0 spiro atoms. The van der Waals surface area contributed by atoms with Crippen LogP contribution in [0.5, 0.6) is 0 Å². The Balaban J connectivity index is 2.74. The lowest BCUT2D eigenvalue weighted by Gasteiger charge is -2.14. The number of carbonyl (C=O) groups is 1. The summed E-state index contributed by atoms with van der Waals surface area (Å²) in [4.78, 5) is 11.0. The third-order valence-corrected chi connectivity index (χ3v) is 4.31. The zero-order valence-corrected chi connectivity index (χ0v) is 14.8. The molecule has 0 aliphatic carbocycles. The van der Waals surface area contributed by atoms with E-state index in [9.17, 15) is 13.2 Å². The van der Waals surface area contributed by atoms with E-state index in [1.165, 1.54) is 19.1 Å². The summed E-state index contributed by atoms with van der Waals surface area (Å²) < 4.78 is 34.4. The van der Waals surface area contributed by atoms with E-state index in [2.05, 4.69) is 0 Å². The number of hydrogen-bond acceptors (Lipinski definition) is 5. The molecule has 1 aromatic rings. The van der Waals surface area contributed by atoms with Crippen molar-refractivity contribution in [3.05, 3.63) is 42.0 Å². The highest BCUT2D eigenvalue weighted by Crippen LogP contribution is 2.15. The van der Waals surface area contributed by atoms with Gasteiger partial charge in [-0.2, -0.15) is 8.42 Å². The molecular weight excluding hydrogens is 316 g/mol. The first-order valence-corrected chi connectivity index (χ1v) is 8.89. The minimum atomic E-state index is -3.82. The molecule has 6 heteroatoms. The molecule has 1 atom stereocenters. The summed E-state index contributed by atoms with van der Waals surface area (Å²) in [6, 6.07) is 6.45. The fraction of sp³-hybridized carbons (Fsp3) is 0.471. The minimum absolute atomic E-state index is 0.0767. The molecule has 1 rings (SSSR count). The number of aryl methyl sites for hydroxylation is 1. The number of rotatable bonds is 8. The largest absolute Gasteiger partial charge is 0.465 e. The van der Waals surface area contributed by atoms with Crippen LogP contribution < -0.4 is 0 Å². The van der Waals surface area contributed by atoms with Gasteiger partial charge in [-0.25, -0.2) is 0 Å². The highest BCUT2D eigenvalue weighted by atomic mass is 32.2. The number of hydrogen-bond donors (Lipinski definition) is 0. The number of esters is 1. The lowest BCUT2D eigenvalue weighted by atomic mass is 10.1. The fourth-order valence-corrected chi connectivity index (χ4v) is 2.67. The van der Waals surface area contributed by atoms with Crippen LogP contribution in [-0.2, 0) is 23.8 Å². The summed E-state index contributed by atoms with van der Waals surface area (Å²) in [5, 5.41) is 0. The van der Waals surface area contributed by atoms with E-state index in [1.807, 2.05) is 32.9 Å². The van der Waals surface area contributed by atoms with Crippen LogP contribution in [0.2, 0.25) is 0 Å². The van der Waals surface area contributed by atoms with Gasteiger partial charge in [0.2, 0.25) is 0 Å². The molecule has 128 valence electrons. The van der Waals surface area contributed by atoms with Crippen molar-refractivity contribution in [3.63, 3.8) is 0 Å². The first kappa shape index (κ1) is 19.4. The Labute approximate surface area is 138 Å². The van der Waals surface area contributed by atoms with E-state index in [-0.39, 0.29) is 24.0 Å². The Bertz CT molecular complexity index is 629. The monoisotopic (exact) mass is 340 g/mol. The molecule has 0 unspecified atom stereocenters. The molecule has 0 N–H and O–H groups in total. The van der Waals surface area contributed by atoms with Gasteiger partial charge in [0, 0.05) is 12.8 Å². The second-order valence-corrected chi connectivity index (χ2v) is 7.36. The van der Waals surface area contributed by atoms with Crippen molar-refractivity contribution >= 4 is 16.1 Å². The van der Waals surface area contributed by atoms with Crippen molar-refractivity contribution in [3.8, 4) is 0 Å². The zero-order valence-electron chi connectivity index (χ0n) is 14.0. The standard InChI is InChI=1S/C17H24O5S/c1-13(2)5-8-16(11-21-15(4)18)12-22-23(19,20)17-9-6-14(3)7-10-17/h5-10,13,16H,11-12H2,1-4H3/b8-5+/t16-/m1/s1. The van der Waals surface area contributed by atoms with Crippen LogP contribution in [-0.4, -0.2) is 27.6 Å². The topological polar surface area (TPSA) is 69.7 Å². The number of allylic oxidation sites excluding steroid dienone is 1. The van der Waals surface area contributed by atoms with Crippen LogP contribution in [0.15, 0.2) is 41.3 Å². The third-order valence-electron chi connectivity index (χ3n) is 3.02. The maximum atomic E-state index is 12.2. The second-order valence-electron chi connectivity index (χ2n) is 5.74. The Morgan fingerprint density at radius 2 is 1.74 bits per heavy atom. The molecule has 1 aromatic carbocycles. The lowest BCUT2D eigenvalue weighted by molar-refractivity contribution is -0.142. The Hall–Kier alpha value is -1.66. The van der Waals surface area contributed by atoms with Gasteiger partial charge in [0.05, 0.1) is 18.1 Å². The van der Waals surface area contributed by atoms with E-state index in [4.69, 9.17) is 8.92 Å². The summed E-state index contributed by atoms with van der Waals surface area (Å²) >= 11 is 0. The minimum Gasteiger partial charge on any atom is -0.465 e. The highest BCUT2D eigenvalue weighted by Gasteiger charge is 2.18. The van der Waals surface area contributed by atoms with Crippen molar-refractivity contribution in [2.75, 3.05) is 13.2 Å². The van der Waals surface area contributed by atoms with Gasteiger partial charge in [-0.05, 0) is 25.0 Å². The second kappa shape index (κ2) is 8.84. The van der Waals surface area contributed by atoms with Crippen molar-refractivity contribution in [1.82, 2.24) is 0 Å². The molecule has 0 aromatic heterocycles. The van der Waals surface area contributed by atoms with E-state index < -0.39 is 16.1 Å². The van der Waals surface area contributed by atoms with Crippen LogP contribution in [0.4, 0.5) is 0 Å². The average molecular weight is 340 g/mol. The molecule has 0 saturated heterocycles. The smallest absolute Gasteiger partial charge is 0.302 e. The van der Waals surface area contributed by atoms with Gasteiger partial charge in [-0.1, -0.05) is 43.7 Å². The molecule has 0 radical (unpaired) electrons. The summed E-state index contributed by atoms with van der Waals surface area (Å²) in [6.45, 7) is 7.21.